The Balaban J connectivity index is 1.57. The van der Waals surface area contributed by atoms with Crippen molar-refractivity contribution in [1.29, 1.82) is 0 Å². The number of aromatic nitrogens is 5. The van der Waals surface area contributed by atoms with E-state index in [1.165, 1.54) is 6.20 Å². The van der Waals surface area contributed by atoms with Crippen LogP contribution < -0.4 is 4.90 Å². The summed E-state index contributed by atoms with van der Waals surface area (Å²) in [6.45, 7) is 6.87. The molecule has 1 fully saturated rings. The molecule has 28 heavy (non-hydrogen) atoms. The van der Waals surface area contributed by atoms with Gasteiger partial charge in [0, 0.05) is 18.8 Å². The largest absolute Gasteiger partial charge is 0.442 e. The second kappa shape index (κ2) is 6.59. The maximum atomic E-state index is 12.3. The average Bonchev–Trinajstić information content (AvgIpc) is 3.08. The Morgan fingerprint density at radius 2 is 2.04 bits per heavy atom. The SMILES string of the molecule is CN(C(=O)OC1CN(c2nc3ncc(Cl)c(Cl)c3n3cnnc23)C1)C(C)(C)C. The normalized spacial score (nSPS) is 15.1. The number of hydrogen-bond acceptors (Lipinski definition) is 7. The van der Waals surface area contributed by atoms with Crippen molar-refractivity contribution >= 4 is 51.9 Å². The summed E-state index contributed by atoms with van der Waals surface area (Å²) in [5.41, 5.74) is 1.22. The van der Waals surface area contributed by atoms with Crippen molar-refractivity contribution in [3.63, 3.8) is 0 Å². The van der Waals surface area contributed by atoms with Gasteiger partial charge in [-0.05, 0) is 20.8 Å². The highest BCUT2D eigenvalue weighted by Crippen LogP contribution is 2.32. The van der Waals surface area contributed by atoms with Crippen LogP contribution in [0.1, 0.15) is 20.8 Å². The minimum absolute atomic E-state index is 0.223. The van der Waals surface area contributed by atoms with Crippen LogP contribution in [0.3, 0.4) is 0 Å². The molecule has 0 atom stereocenters. The quantitative estimate of drug-likeness (QED) is 0.625. The summed E-state index contributed by atoms with van der Waals surface area (Å²) in [5.74, 6) is 0.604. The number of fused-ring (bicyclic) bond motifs is 3. The monoisotopic (exact) mass is 423 g/mol. The van der Waals surface area contributed by atoms with Crippen molar-refractivity contribution < 1.29 is 9.53 Å². The van der Waals surface area contributed by atoms with Gasteiger partial charge < -0.3 is 14.5 Å². The second-order valence-corrected chi connectivity index (χ2v) is 8.48. The zero-order valence-electron chi connectivity index (χ0n) is 15.8. The van der Waals surface area contributed by atoms with E-state index in [4.69, 9.17) is 27.9 Å². The van der Waals surface area contributed by atoms with E-state index in [1.54, 1.807) is 22.7 Å². The third-order valence-electron chi connectivity index (χ3n) is 4.83. The third-order valence-corrected chi connectivity index (χ3v) is 5.59. The summed E-state index contributed by atoms with van der Waals surface area (Å²) in [6.07, 6.45) is 2.43. The van der Waals surface area contributed by atoms with Crippen molar-refractivity contribution in [2.75, 3.05) is 25.0 Å². The molecule has 1 saturated heterocycles. The number of rotatable bonds is 2. The predicted molar refractivity (Wildman–Crippen MR) is 106 cm³/mol. The molecule has 11 heteroatoms. The topological polar surface area (TPSA) is 88.8 Å². The van der Waals surface area contributed by atoms with Gasteiger partial charge in [-0.2, -0.15) is 0 Å². The molecule has 9 nitrogen and oxygen atoms in total. The number of ether oxygens (including phenoxy) is 1. The number of hydrogen-bond donors (Lipinski definition) is 0. The fourth-order valence-corrected chi connectivity index (χ4v) is 3.20. The lowest BCUT2D eigenvalue weighted by Crippen LogP contribution is -2.55. The first-order chi connectivity index (χ1) is 13.2. The lowest BCUT2D eigenvalue weighted by atomic mass is 10.1. The van der Waals surface area contributed by atoms with E-state index in [2.05, 4.69) is 20.2 Å². The van der Waals surface area contributed by atoms with Crippen LogP contribution in [0.5, 0.6) is 0 Å². The maximum absolute atomic E-state index is 12.3. The molecule has 4 heterocycles. The number of halogens is 2. The van der Waals surface area contributed by atoms with Gasteiger partial charge in [0.05, 0.1) is 23.1 Å². The van der Waals surface area contributed by atoms with Crippen LogP contribution in [0.15, 0.2) is 12.5 Å². The molecule has 1 aliphatic rings. The Labute approximate surface area is 171 Å². The number of carbonyl (C=O) groups excluding carboxylic acids is 1. The van der Waals surface area contributed by atoms with Gasteiger partial charge in [0.15, 0.2) is 11.5 Å². The zero-order valence-corrected chi connectivity index (χ0v) is 17.4. The second-order valence-electron chi connectivity index (χ2n) is 7.69. The van der Waals surface area contributed by atoms with Gasteiger partial charge in [-0.15, -0.1) is 10.2 Å². The first-order valence-corrected chi connectivity index (χ1v) is 9.45. The molecule has 0 unspecified atom stereocenters. The average molecular weight is 424 g/mol. The van der Waals surface area contributed by atoms with Gasteiger partial charge in [-0.1, -0.05) is 23.2 Å². The summed E-state index contributed by atoms with van der Waals surface area (Å²) in [4.78, 5) is 24.7. The first-order valence-electron chi connectivity index (χ1n) is 8.69. The van der Waals surface area contributed by atoms with Crippen LogP contribution in [0.2, 0.25) is 10.0 Å². The van der Waals surface area contributed by atoms with E-state index in [1.807, 2.05) is 25.7 Å². The fraction of sp³-hybridized carbons (Fsp3) is 0.471. The highest BCUT2D eigenvalue weighted by atomic mass is 35.5. The number of carbonyl (C=O) groups is 1. The van der Waals surface area contributed by atoms with E-state index in [-0.39, 0.29) is 17.7 Å². The van der Waals surface area contributed by atoms with Crippen molar-refractivity contribution in [3.05, 3.63) is 22.6 Å². The van der Waals surface area contributed by atoms with Crippen molar-refractivity contribution in [2.24, 2.45) is 0 Å². The zero-order chi connectivity index (χ0) is 20.2. The Kier molecular flexibility index (Phi) is 4.46. The van der Waals surface area contributed by atoms with Crippen LogP contribution in [0.4, 0.5) is 10.6 Å². The molecule has 0 aromatic carbocycles. The molecular weight excluding hydrogens is 405 g/mol. The molecule has 0 spiro atoms. The van der Waals surface area contributed by atoms with Gasteiger partial charge in [-0.3, -0.25) is 4.40 Å². The standard InChI is InChI=1S/C17H19Cl2N7O2/c1-17(2,3)24(4)16(27)28-9-6-25(7-9)14-15-23-21-8-26(15)12-11(19)10(18)5-20-13(12)22-14/h5,8-9H,6-7H2,1-4H3. The van der Waals surface area contributed by atoms with Crippen LogP contribution >= 0.6 is 23.2 Å². The summed E-state index contributed by atoms with van der Waals surface area (Å²) >= 11 is 12.4. The molecule has 4 rings (SSSR count). The smallest absolute Gasteiger partial charge is 0.410 e. The van der Waals surface area contributed by atoms with Crippen LogP contribution in [0, 0.1) is 0 Å². The molecule has 3 aromatic rings. The molecule has 3 aromatic heterocycles. The Hall–Kier alpha value is -2.39. The van der Waals surface area contributed by atoms with E-state index in [9.17, 15) is 4.79 Å². The van der Waals surface area contributed by atoms with Crippen LogP contribution in [-0.4, -0.2) is 67.3 Å². The van der Waals surface area contributed by atoms with Gasteiger partial charge in [0.25, 0.3) is 0 Å². The van der Waals surface area contributed by atoms with Crippen LogP contribution in [0.25, 0.3) is 16.8 Å². The summed E-state index contributed by atoms with van der Waals surface area (Å²) in [7, 11) is 1.73. The summed E-state index contributed by atoms with van der Waals surface area (Å²) in [5, 5.41) is 8.79. The van der Waals surface area contributed by atoms with E-state index in [0.717, 1.165) is 0 Å². The summed E-state index contributed by atoms with van der Waals surface area (Å²) < 4.78 is 7.28. The molecule has 0 saturated carbocycles. The van der Waals surface area contributed by atoms with Crippen LogP contribution in [-0.2, 0) is 4.74 Å². The lowest BCUT2D eigenvalue weighted by Gasteiger charge is -2.41. The lowest BCUT2D eigenvalue weighted by molar-refractivity contribution is 0.0365. The highest BCUT2D eigenvalue weighted by Gasteiger charge is 2.35. The predicted octanol–water partition coefficient (Wildman–Crippen LogP) is 3.03. The van der Waals surface area contributed by atoms with Gasteiger partial charge in [0.1, 0.15) is 17.9 Å². The Morgan fingerprint density at radius 1 is 1.32 bits per heavy atom. The highest BCUT2D eigenvalue weighted by molar-refractivity contribution is 6.44. The van der Waals surface area contributed by atoms with E-state index >= 15 is 0 Å². The van der Waals surface area contributed by atoms with E-state index in [0.29, 0.717) is 45.8 Å². The number of pyridine rings is 1. The van der Waals surface area contributed by atoms with Gasteiger partial charge in [-0.25, -0.2) is 14.8 Å². The summed E-state index contributed by atoms with van der Waals surface area (Å²) in [6, 6.07) is 0. The number of anilines is 1. The molecule has 0 radical (unpaired) electrons. The van der Waals surface area contributed by atoms with Crippen molar-refractivity contribution in [1.82, 2.24) is 29.5 Å². The van der Waals surface area contributed by atoms with E-state index < -0.39 is 0 Å². The molecule has 148 valence electrons. The first kappa shape index (κ1) is 18.9. The third kappa shape index (κ3) is 3.08. The van der Waals surface area contributed by atoms with Gasteiger partial charge >= 0.3 is 6.09 Å². The molecule has 0 aliphatic carbocycles. The molecule has 1 amide bonds. The molecule has 1 aliphatic heterocycles. The molecule has 0 N–H and O–H groups in total. The Bertz CT molecular complexity index is 1070. The van der Waals surface area contributed by atoms with Gasteiger partial charge in [0.2, 0.25) is 5.65 Å². The number of amides is 1. The van der Waals surface area contributed by atoms with Crippen molar-refractivity contribution in [2.45, 2.75) is 32.4 Å². The fourth-order valence-electron chi connectivity index (χ4n) is 2.84. The molecular formula is C17H19Cl2N7O2. The number of nitrogens with zero attached hydrogens (tertiary/aromatic N) is 7. The van der Waals surface area contributed by atoms with Crippen molar-refractivity contribution in [3.8, 4) is 0 Å². The maximum Gasteiger partial charge on any atom is 0.410 e. The minimum Gasteiger partial charge on any atom is -0.442 e. The minimum atomic E-state index is -0.348. The molecule has 0 bridgehead atoms. The Morgan fingerprint density at radius 3 is 2.71 bits per heavy atom.